The first-order valence-electron chi connectivity index (χ1n) is 9.59. The van der Waals surface area contributed by atoms with Gasteiger partial charge in [0.15, 0.2) is 0 Å². The number of carbonyl (C=O) groups excluding carboxylic acids is 1. The van der Waals surface area contributed by atoms with Crippen molar-refractivity contribution in [2.24, 2.45) is 5.92 Å². The van der Waals surface area contributed by atoms with Crippen LogP contribution in [0.15, 0.2) is 30.3 Å². The summed E-state index contributed by atoms with van der Waals surface area (Å²) in [5.41, 5.74) is 1.11. The fraction of sp³-hybridized carbons (Fsp3) is 0.450. The lowest BCUT2D eigenvalue weighted by molar-refractivity contribution is -0.149. The summed E-state index contributed by atoms with van der Waals surface area (Å²) in [4.78, 5) is 20.3. The summed E-state index contributed by atoms with van der Waals surface area (Å²) in [6.45, 7) is 5.59. The van der Waals surface area contributed by atoms with Crippen molar-refractivity contribution in [2.45, 2.75) is 32.7 Å². The number of ether oxygens (including phenoxy) is 1. The van der Waals surface area contributed by atoms with Crippen LogP contribution < -0.4 is 0 Å². The smallest absolute Gasteiger partial charge is 0.309 e. The van der Waals surface area contributed by atoms with E-state index in [1.165, 1.54) is 15.9 Å². The molecule has 0 saturated carbocycles. The minimum atomic E-state index is -0.101. The van der Waals surface area contributed by atoms with Gasteiger partial charge in [-0.2, -0.15) is 4.52 Å². The summed E-state index contributed by atoms with van der Waals surface area (Å²) in [5.74, 6) is 0.628. The number of aromatic nitrogens is 3. The highest BCUT2D eigenvalue weighted by atomic mass is 32.1. The Bertz CT molecular complexity index is 961. The molecular weight excluding hydrogens is 376 g/mol. The topological polar surface area (TPSA) is 80.0 Å². The molecule has 8 heteroatoms. The maximum atomic E-state index is 12.1. The van der Waals surface area contributed by atoms with Crippen molar-refractivity contribution >= 4 is 22.3 Å². The zero-order valence-corrected chi connectivity index (χ0v) is 16.9. The van der Waals surface area contributed by atoms with Crippen molar-refractivity contribution in [2.75, 3.05) is 19.7 Å². The molecule has 1 N–H and O–H groups in total. The molecule has 0 aliphatic carbocycles. The van der Waals surface area contributed by atoms with E-state index in [2.05, 4.69) is 27.1 Å². The van der Waals surface area contributed by atoms with E-state index in [9.17, 15) is 9.90 Å². The van der Waals surface area contributed by atoms with Gasteiger partial charge >= 0.3 is 5.97 Å². The van der Waals surface area contributed by atoms with E-state index in [1.54, 1.807) is 0 Å². The van der Waals surface area contributed by atoms with Crippen LogP contribution in [0, 0.1) is 12.8 Å². The Morgan fingerprint density at radius 3 is 2.68 bits per heavy atom. The third-order valence-electron chi connectivity index (χ3n) is 5.18. The van der Waals surface area contributed by atoms with Crippen molar-refractivity contribution in [3.05, 3.63) is 46.6 Å². The molecule has 0 radical (unpaired) electrons. The second-order valence-electron chi connectivity index (χ2n) is 7.02. The first-order valence-corrected chi connectivity index (χ1v) is 10.4. The van der Waals surface area contributed by atoms with E-state index in [1.807, 2.05) is 32.0 Å². The molecule has 0 spiro atoms. The number of fused-ring (bicyclic) bond motifs is 1. The molecule has 0 amide bonds. The molecule has 1 aromatic carbocycles. The summed E-state index contributed by atoms with van der Waals surface area (Å²) in [5, 5.41) is 15.1. The van der Waals surface area contributed by atoms with Crippen molar-refractivity contribution in [3.8, 4) is 5.88 Å². The number of nitrogens with zero attached hydrogens (tertiary/aromatic N) is 4. The molecule has 4 rings (SSSR count). The Hall–Kier alpha value is -2.45. The first kappa shape index (κ1) is 18.9. The van der Waals surface area contributed by atoms with Gasteiger partial charge in [-0.1, -0.05) is 41.7 Å². The number of aryl methyl sites for hydroxylation is 1. The number of thiazole rings is 1. The highest BCUT2D eigenvalue weighted by molar-refractivity contribution is 7.17. The highest BCUT2D eigenvalue weighted by Gasteiger charge is 2.34. The lowest BCUT2D eigenvalue weighted by Crippen LogP contribution is -2.39. The number of esters is 1. The predicted molar refractivity (Wildman–Crippen MR) is 106 cm³/mol. The second kappa shape index (κ2) is 7.89. The number of benzene rings is 1. The third kappa shape index (κ3) is 3.49. The second-order valence-corrected chi connectivity index (χ2v) is 8.03. The van der Waals surface area contributed by atoms with Gasteiger partial charge in [0.2, 0.25) is 10.8 Å². The van der Waals surface area contributed by atoms with Gasteiger partial charge in [0.25, 0.3) is 0 Å². The molecule has 1 aliphatic rings. The minimum absolute atomic E-state index is 0.0498. The van der Waals surface area contributed by atoms with Gasteiger partial charge < -0.3 is 9.84 Å². The molecule has 148 valence electrons. The molecule has 1 aliphatic heterocycles. The molecule has 3 heterocycles. The number of aromatic hydroxyl groups is 1. The summed E-state index contributed by atoms with van der Waals surface area (Å²) < 4.78 is 6.70. The monoisotopic (exact) mass is 400 g/mol. The normalized spacial score (nSPS) is 17.1. The molecule has 0 bridgehead atoms. The zero-order valence-electron chi connectivity index (χ0n) is 16.0. The van der Waals surface area contributed by atoms with Crippen LogP contribution in [-0.2, 0) is 9.53 Å². The van der Waals surface area contributed by atoms with Gasteiger partial charge in [0.1, 0.15) is 5.82 Å². The largest absolute Gasteiger partial charge is 0.492 e. The molecule has 1 saturated heterocycles. The van der Waals surface area contributed by atoms with E-state index in [-0.39, 0.29) is 23.8 Å². The van der Waals surface area contributed by atoms with Gasteiger partial charge in [-0.15, -0.1) is 5.10 Å². The van der Waals surface area contributed by atoms with Crippen LogP contribution in [0.4, 0.5) is 0 Å². The molecule has 2 aromatic heterocycles. The number of hydrogen-bond donors (Lipinski definition) is 1. The van der Waals surface area contributed by atoms with Gasteiger partial charge in [0.05, 0.1) is 23.4 Å². The molecule has 28 heavy (non-hydrogen) atoms. The zero-order chi connectivity index (χ0) is 19.7. The maximum Gasteiger partial charge on any atom is 0.309 e. The molecule has 1 atom stereocenters. The van der Waals surface area contributed by atoms with Crippen molar-refractivity contribution in [1.82, 2.24) is 19.5 Å². The average molecular weight is 401 g/mol. The summed E-state index contributed by atoms with van der Waals surface area (Å²) in [6.07, 6.45) is 1.51. The number of likely N-dealkylation sites (tertiary alicyclic amines) is 1. The standard InChI is InChI=1S/C20H24N4O3S/c1-3-27-19(26)15-9-11-23(12-10-15)16(14-7-5-4-6-8-14)17-18(25)24-20(28-17)21-13(2)22-24/h4-8,15-16,25H,3,9-12H2,1-2H3/t16-/m0/s1. The highest BCUT2D eigenvalue weighted by Crippen LogP contribution is 2.41. The van der Waals surface area contributed by atoms with Gasteiger partial charge in [-0.05, 0) is 45.3 Å². The van der Waals surface area contributed by atoms with Gasteiger partial charge in [-0.25, -0.2) is 4.98 Å². The summed E-state index contributed by atoms with van der Waals surface area (Å²) in [7, 11) is 0. The Balaban J connectivity index is 1.65. The maximum absolute atomic E-state index is 12.1. The van der Waals surface area contributed by atoms with E-state index >= 15 is 0 Å². The van der Waals surface area contributed by atoms with Gasteiger partial charge in [-0.3, -0.25) is 9.69 Å². The molecule has 3 aromatic rings. The number of carbonyl (C=O) groups is 1. The van der Waals surface area contributed by atoms with Crippen molar-refractivity contribution < 1.29 is 14.6 Å². The quantitative estimate of drug-likeness (QED) is 0.663. The van der Waals surface area contributed by atoms with Crippen molar-refractivity contribution in [1.29, 1.82) is 0 Å². The molecule has 7 nitrogen and oxygen atoms in total. The molecule has 1 fully saturated rings. The SMILES string of the molecule is CCOC(=O)C1CCN([C@@H](c2ccccc2)c2sc3nc(C)nn3c2O)CC1. The Morgan fingerprint density at radius 1 is 1.32 bits per heavy atom. The minimum Gasteiger partial charge on any atom is -0.492 e. The fourth-order valence-electron chi connectivity index (χ4n) is 3.84. The van der Waals surface area contributed by atoms with Crippen LogP contribution in [0.3, 0.4) is 0 Å². The van der Waals surface area contributed by atoms with Crippen LogP contribution in [0.1, 0.15) is 42.1 Å². The Labute approximate surface area is 167 Å². The Morgan fingerprint density at radius 2 is 2.04 bits per heavy atom. The number of piperidine rings is 1. The lowest BCUT2D eigenvalue weighted by atomic mass is 9.94. The third-order valence-corrected chi connectivity index (χ3v) is 6.26. The van der Waals surface area contributed by atoms with Crippen LogP contribution in [0.2, 0.25) is 0 Å². The van der Waals surface area contributed by atoms with Crippen LogP contribution >= 0.6 is 11.3 Å². The van der Waals surface area contributed by atoms with Gasteiger partial charge in [0, 0.05) is 0 Å². The summed E-state index contributed by atoms with van der Waals surface area (Å²) in [6, 6.07) is 10.0. The van der Waals surface area contributed by atoms with Crippen molar-refractivity contribution in [3.63, 3.8) is 0 Å². The molecular formula is C20H24N4O3S. The fourth-order valence-corrected chi connectivity index (χ4v) is 5.01. The first-order chi connectivity index (χ1) is 13.6. The number of hydrogen-bond acceptors (Lipinski definition) is 7. The predicted octanol–water partition coefficient (Wildman–Crippen LogP) is 3.17. The van der Waals surface area contributed by atoms with E-state index < -0.39 is 0 Å². The average Bonchev–Trinajstić information content (AvgIpc) is 3.21. The van der Waals surface area contributed by atoms with Crippen LogP contribution in [0.25, 0.3) is 4.96 Å². The molecule has 0 unspecified atom stereocenters. The van der Waals surface area contributed by atoms with E-state index in [0.717, 1.165) is 36.4 Å². The van der Waals surface area contributed by atoms with E-state index in [4.69, 9.17) is 4.74 Å². The number of rotatable bonds is 5. The lowest BCUT2D eigenvalue weighted by Gasteiger charge is -2.36. The summed E-state index contributed by atoms with van der Waals surface area (Å²) >= 11 is 1.46. The van der Waals surface area contributed by atoms with Crippen LogP contribution in [0.5, 0.6) is 5.88 Å². The Kier molecular flexibility index (Phi) is 5.32. The van der Waals surface area contributed by atoms with E-state index in [0.29, 0.717) is 17.4 Å². The van der Waals surface area contributed by atoms with Crippen LogP contribution in [-0.4, -0.2) is 50.3 Å².